The number of anilines is 1. The zero-order chi connectivity index (χ0) is 13.9. The van der Waals surface area contributed by atoms with Crippen molar-refractivity contribution in [2.24, 2.45) is 0 Å². The highest BCUT2D eigenvalue weighted by molar-refractivity contribution is 5.59. The number of methoxy groups -OCH3 is 1. The Morgan fingerprint density at radius 2 is 2.20 bits per heavy atom. The van der Waals surface area contributed by atoms with Crippen LogP contribution < -0.4 is 10.1 Å². The molecule has 4 nitrogen and oxygen atoms in total. The molecule has 0 aliphatic rings. The molecule has 0 aliphatic carbocycles. The number of halogens is 1. The van der Waals surface area contributed by atoms with E-state index in [4.69, 9.17) is 4.74 Å². The number of fused-ring (bicyclic) bond motifs is 1. The number of ether oxygens (including phenoxy) is 1. The van der Waals surface area contributed by atoms with Crippen LogP contribution in [0.2, 0.25) is 0 Å². The standard InChI is InChI=1S/C15H14FN3O/c1-20-15-8-12(16)5-6-13(15)17-9-11-10-18-19-7-3-2-4-14(11)19/h2-8,10,17H,9H2,1H3. The van der Waals surface area contributed by atoms with E-state index in [2.05, 4.69) is 10.4 Å². The van der Waals surface area contributed by atoms with Crippen molar-refractivity contribution < 1.29 is 9.13 Å². The quantitative estimate of drug-likeness (QED) is 0.792. The second-order valence-electron chi connectivity index (χ2n) is 4.40. The van der Waals surface area contributed by atoms with Gasteiger partial charge in [-0.15, -0.1) is 0 Å². The Bertz CT molecular complexity index is 739. The second kappa shape index (κ2) is 5.21. The molecule has 102 valence electrons. The average Bonchev–Trinajstić information content (AvgIpc) is 2.89. The average molecular weight is 271 g/mol. The van der Waals surface area contributed by atoms with Crippen LogP contribution in [0.25, 0.3) is 5.52 Å². The Hall–Kier alpha value is -2.56. The number of aromatic nitrogens is 2. The van der Waals surface area contributed by atoms with Gasteiger partial charge in [-0.05, 0) is 24.3 Å². The molecule has 20 heavy (non-hydrogen) atoms. The predicted molar refractivity (Wildman–Crippen MR) is 75.5 cm³/mol. The predicted octanol–water partition coefficient (Wildman–Crippen LogP) is 3.09. The smallest absolute Gasteiger partial charge is 0.144 e. The molecular weight excluding hydrogens is 257 g/mol. The summed E-state index contributed by atoms with van der Waals surface area (Å²) in [5.74, 6) is 0.171. The fraction of sp³-hybridized carbons (Fsp3) is 0.133. The van der Waals surface area contributed by atoms with Crippen LogP contribution in [0.15, 0.2) is 48.8 Å². The molecule has 0 atom stereocenters. The van der Waals surface area contributed by atoms with Crippen LogP contribution in [0, 0.1) is 5.82 Å². The van der Waals surface area contributed by atoms with E-state index in [-0.39, 0.29) is 5.82 Å². The lowest BCUT2D eigenvalue weighted by atomic mass is 10.2. The number of hydrogen-bond acceptors (Lipinski definition) is 3. The maximum Gasteiger partial charge on any atom is 0.144 e. The van der Waals surface area contributed by atoms with Gasteiger partial charge >= 0.3 is 0 Å². The summed E-state index contributed by atoms with van der Waals surface area (Å²) >= 11 is 0. The first-order valence-electron chi connectivity index (χ1n) is 6.26. The molecule has 2 aromatic heterocycles. The minimum atomic E-state index is -0.316. The molecule has 3 rings (SSSR count). The van der Waals surface area contributed by atoms with Gasteiger partial charge in [0.25, 0.3) is 0 Å². The highest BCUT2D eigenvalue weighted by atomic mass is 19.1. The molecule has 5 heteroatoms. The van der Waals surface area contributed by atoms with Crippen molar-refractivity contribution in [2.45, 2.75) is 6.54 Å². The van der Waals surface area contributed by atoms with Crippen LogP contribution >= 0.6 is 0 Å². The molecule has 0 saturated carbocycles. The van der Waals surface area contributed by atoms with Gasteiger partial charge in [0, 0.05) is 24.4 Å². The van der Waals surface area contributed by atoms with Gasteiger partial charge in [0.15, 0.2) is 0 Å². The highest BCUT2D eigenvalue weighted by Gasteiger charge is 2.06. The third-order valence-electron chi connectivity index (χ3n) is 3.14. The monoisotopic (exact) mass is 271 g/mol. The summed E-state index contributed by atoms with van der Waals surface area (Å²) in [7, 11) is 1.52. The number of nitrogens with zero attached hydrogens (tertiary/aromatic N) is 2. The van der Waals surface area contributed by atoms with Crippen molar-refractivity contribution in [3.63, 3.8) is 0 Å². The fourth-order valence-electron chi connectivity index (χ4n) is 2.13. The van der Waals surface area contributed by atoms with Gasteiger partial charge in [0.05, 0.1) is 24.5 Å². The minimum Gasteiger partial charge on any atom is -0.494 e. The van der Waals surface area contributed by atoms with E-state index in [0.29, 0.717) is 12.3 Å². The number of rotatable bonds is 4. The maximum atomic E-state index is 13.1. The van der Waals surface area contributed by atoms with Crippen LogP contribution in [0.1, 0.15) is 5.56 Å². The lowest BCUT2D eigenvalue weighted by Gasteiger charge is -2.10. The Kier molecular flexibility index (Phi) is 3.25. The molecule has 0 amide bonds. The maximum absolute atomic E-state index is 13.1. The molecule has 0 saturated heterocycles. The Morgan fingerprint density at radius 3 is 3.05 bits per heavy atom. The molecule has 0 radical (unpaired) electrons. The third-order valence-corrected chi connectivity index (χ3v) is 3.14. The van der Waals surface area contributed by atoms with E-state index in [0.717, 1.165) is 16.8 Å². The van der Waals surface area contributed by atoms with E-state index in [1.165, 1.54) is 19.2 Å². The number of pyridine rings is 1. The molecule has 1 aromatic carbocycles. The molecule has 0 unspecified atom stereocenters. The first-order valence-corrected chi connectivity index (χ1v) is 6.26. The highest BCUT2D eigenvalue weighted by Crippen LogP contribution is 2.25. The molecule has 2 heterocycles. The van der Waals surface area contributed by atoms with Crippen LogP contribution in [0.3, 0.4) is 0 Å². The normalized spacial score (nSPS) is 10.7. The first kappa shape index (κ1) is 12.5. The Morgan fingerprint density at radius 1 is 1.30 bits per heavy atom. The van der Waals surface area contributed by atoms with Crippen LogP contribution in [0.5, 0.6) is 5.75 Å². The number of benzene rings is 1. The summed E-state index contributed by atoms with van der Waals surface area (Å²) in [6.45, 7) is 0.593. The van der Waals surface area contributed by atoms with Crippen LogP contribution in [0.4, 0.5) is 10.1 Å². The van der Waals surface area contributed by atoms with Gasteiger partial charge in [0.2, 0.25) is 0 Å². The van der Waals surface area contributed by atoms with Crippen molar-refractivity contribution >= 4 is 11.2 Å². The van der Waals surface area contributed by atoms with Gasteiger partial charge in [0.1, 0.15) is 11.6 Å². The molecule has 3 aromatic rings. The van der Waals surface area contributed by atoms with E-state index in [9.17, 15) is 4.39 Å². The van der Waals surface area contributed by atoms with Crippen molar-refractivity contribution in [2.75, 3.05) is 12.4 Å². The largest absolute Gasteiger partial charge is 0.494 e. The first-order chi connectivity index (χ1) is 9.78. The van der Waals surface area contributed by atoms with Gasteiger partial charge in [-0.3, -0.25) is 0 Å². The zero-order valence-corrected chi connectivity index (χ0v) is 11.0. The molecule has 0 spiro atoms. The van der Waals surface area contributed by atoms with Gasteiger partial charge in [-0.2, -0.15) is 5.10 Å². The topological polar surface area (TPSA) is 38.6 Å². The van der Waals surface area contributed by atoms with Crippen LogP contribution in [-0.2, 0) is 6.54 Å². The summed E-state index contributed by atoms with van der Waals surface area (Å²) in [5, 5.41) is 7.51. The van der Waals surface area contributed by atoms with Gasteiger partial charge < -0.3 is 10.1 Å². The van der Waals surface area contributed by atoms with E-state index >= 15 is 0 Å². The van der Waals surface area contributed by atoms with Gasteiger partial charge in [-0.1, -0.05) is 6.07 Å². The number of hydrogen-bond donors (Lipinski definition) is 1. The molecule has 0 bridgehead atoms. The summed E-state index contributed by atoms with van der Waals surface area (Å²) < 4.78 is 20.1. The Labute approximate surface area is 115 Å². The van der Waals surface area contributed by atoms with Crippen molar-refractivity contribution in [1.82, 2.24) is 9.61 Å². The third kappa shape index (κ3) is 2.30. The SMILES string of the molecule is COc1cc(F)ccc1NCc1cnn2ccccc12. The fourth-order valence-corrected chi connectivity index (χ4v) is 2.13. The second-order valence-corrected chi connectivity index (χ2v) is 4.40. The van der Waals surface area contributed by atoms with Crippen molar-refractivity contribution in [1.29, 1.82) is 0 Å². The van der Waals surface area contributed by atoms with E-state index < -0.39 is 0 Å². The van der Waals surface area contributed by atoms with Crippen LogP contribution in [-0.4, -0.2) is 16.7 Å². The van der Waals surface area contributed by atoms with Crippen molar-refractivity contribution in [3.8, 4) is 5.75 Å². The molecular formula is C15H14FN3O. The lowest BCUT2D eigenvalue weighted by molar-refractivity contribution is 0.413. The summed E-state index contributed by atoms with van der Waals surface area (Å²) in [6.07, 6.45) is 3.72. The number of nitrogens with one attached hydrogen (secondary N) is 1. The van der Waals surface area contributed by atoms with Crippen molar-refractivity contribution in [3.05, 3.63) is 60.2 Å². The molecule has 0 fully saturated rings. The Balaban J connectivity index is 1.83. The molecule has 1 N–H and O–H groups in total. The van der Waals surface area contributed by atoms with E-state index in [1.54, 1.807) is 6.07 Å². The lowest BCUT2D eigenvalue weighted by Crippen LogP contribution is -2.01. The summed E-state index contributed by atoms with van der Waals surface area (Å²) in [6, 6.07) is 10.3. The molecule has 0 aliphatic heterocycles. The van der Waals surface area contributed by atoms with E-state index in [1.807, 2.05) is 35.1 Å². The van der Waals surface area contributed by atoms with Gasteiger partial charge in [-0.25, -0.2) is 8.91 Å². The minimum absolute atomic E-state index is 0.316. The summed E-state index contributed by atoms with van der Waals surface area (Å²) in [4.78, 5) is 0. The summed E-state index contributed by atoms with van der Waals surface area (Å²) in [5.41, 5.74) is 2.86. The zero-order valence-electron chi connectivity index (χ0n) is 11.0.